The number of benzene rings is 1. The lowest BCUT2D eigenvalue weighted by Gasteiger charge is -2.18. The molecule has 0 bridgehead atoms. The molecule has 1 aromatic carbocycles. The van der Waals surface area contributed by atoms with Gasteiger partial charge < -0.3 is 10.6 Å². The van der Waals surface area contributed by atoms with Crippen molar-refractivity contribution < 1.29 is 9.59 Å². The van der Waals surface area contributed by atoms with Gasteiger partial charge in [-0.25, -0.2) is 0 Å². The van der Waals surface area contributed by atoms with Gasteiger partial charge in [-0.05, 0) is 18.6 Å². The number of rotatable bonds is 5. The molecule has 0 aliphatic heterocycles. The molecule has 0 aliphatic carbocycles. The summed E-state index contributed by atoms with van der Waals surface area (Å²) in [5.74, 6) is -0.124. The van der Waals surface area contributed by atoms with Gasteiger partial charge in [0, 0.05) is 22.9 Å². The van der Waals surface area contributed by atoms with Crippen molar-refractivity contribution in [3.05, 3.63) is 34.3 Å². The van der Waals surface area contributed by atoms with Gasteiger partial charge in [0.2, 0.25) is 11.8 Å². The third-order valence-corrected chi connectivity index (χ3v) is 3.79. The first-order valence-corrected chi connectivity index (χ1v) is 7.83. The van der Waals surface area contributed by atoms with E-state index in [1.165, 1.54) is 0 Å². The highest BCUT2D eigenvalue weighted by Gasteiger charge is 2.20. The molecule has 0 saturated heterocycles. The normalized spacial score (nSPS) is 12.6. The Labute approximate surface area is 134 Å². The van der Waals surface area contributed by atoms with E-state index in [1.807, 2.05) is 52.0 Å². The molecular weight excluding hydrogens is 332 g/mol. The molecule has 0 saturated carbocycles. The van der Waals surface area contributed by atoms with Crippen molar-refractivity contribution in [3.8, 4) is 0 Å². The van der Waals surface area contributed by atoms with Gasteiger partial charge in [0.05, 0.1) is 6.04 Å². The quantitative estimate of drug-likeness (QED) is 0.852. The minimum Gasteiger partial charge on any atom is -0.355 e. The summed E-state index contributed by atoms with van der Waals surface area (Å²) in [5.41, 5.74) is 0.600. The van der Waals surface area contributed by atoms with E-state index in [0.717, 1.165) is 10.0 Å². The molecule has 4 nitrogen and oxygen atoms in total. The smallest absolute Gasteiger partial charge is 0.225 e. The Hall–Kier alpha value is -1.36. The van der Waals surface area contributed by atoms with Crippen LogP contribution in [-0.4, -0.2) is 18.4 Å². The van der Waals surface area contributed by atoms with E-state index in [4.69, 9.17) is 0 Å². The minimum atomic E-state index is -0.432. The second-order valence-corrected chi connectivity index (χ2v) is 6.92. The zero-order chi connectivity index (χ0) is 16.0. The van der Waals surface area contributed by atoms with E-state index in [-0.39, 0.29) is 24.3 Å². The van der Waals surface area contributed by atoms with Crippen LogP contribution in [0.1, 0.15) is 45.7 Å². The number of nitrogens with one attached hydrogen (secondary N) is 2. The SMILES string of the molecule is CC(NC(=O)CCNC(=O)C(C)(C)C)c1ccccc1Br. The van der Waals surface area contributed by atoms with Crippen molar-refractivity contribution >= 4 is 27.7 Å². The first kappa shape index (κ1) is 17.7. The van der Waals surface area contributed by atoms with Crippen LogP contribution >= 0.6 is 15.9 Å². The van der Waals surface area contributed by atoms with E-state index in [2.05, 4.69) is 26.6 Å². The molecule has 21 heavy (non-hydrogen) atoms. The maximum absolute atomic E-state index is 11.9. The standard InChI is InChI=1S/C16H23BrN2O2/c1-11(12-7-5-6-8-13(12)17)19-14(20)9-10-18-15(21)16(2,3)4/h5-8,11H,9-10H2,1-4H3,(H,18,21)(H,19,20). The van der Waals surface area contributed by atoms with E-state index in [1.54, 1.807) is 0 Å². The third-order valence-electron chi connectivity index (χ3n) is 3.07. The van der Waals surface area contributed by atoms with Crippen molar-refractivity contribution in [1.82, 2.24) is 10.6 Å². The number of carbonyl (C=O) groups is 2. The highest BCUT2D eigenvalue weighted by Crippen LogP contribution is 2.22. The molecule has 0 fully saturated rings. The lowest BCUT2D eigenvalue weighted by atomic mass is 9.96. The predicted molar refractivity (Wildman–Crippen MR) is 87.8 cm³/mol. The summed E-state index contributed by atoms with van der Waals surface area (Å²) in [4.78, 5) is 23.6. The molecule has 5 heteroatoms. The Morgan fingerprint density at radius 2 is 1.86 bits per heavy atom. The van der Waals surface area contributed by atoms with Crippen LogP contribution in [0.25, 0.3) is 0 Å². The van der Waals surface area contributed by atoms with Crippen LogP contribution in [0.3, 0.4) is 0 Å². The van der Waals surface area contributed by atoms with Crippen LogP contribution in [0.15, 0.2) is 28.7 Å². The first-order chi connectivity index (χ1) is 9.71. The Bertz CT molecular complexity index is 509. The Morgan fingerprint density at radius 1 is 1.24 bits per heavy atom. The monoisotopic (exact) mass is 354 g/mol. The molecule has 0 radical (unpaired) electrons. The molecule has 2 amide bonds. The lowest BCUT2D eigenvalue weighted by molar-refractivity contribution is -0.128. The van der Waals surface area contributed by atoms with Gasteiger partial charge in [0.25, 0.3) is 0 Å². The topological polar surface area (TPSA) is 58.2 Å². The fraction of sp³-hybridized carbons (Fsp3) is 0.500. The maximum Gasteiger partial charge on any atom is 0.225 e. The zero-order valence-corrected chi connectivity index (χ0v) is 14.6. The zero-order valence-electron chi connectivity index (χ0n) is 13.0. The van der Waals surface area contributed by atoms with E-state index >= 15 is 0 Å². The third kappa shape index (κ3) is 5.87. The van der Waals surface area contributed by atoms with E-state index in [0.29, 0.717) is 6.54 Å². The van der Waals surface area contributed by atoms with E-state index < -0.39 is 5.41 Å². The number of hydrogen-bond acceptors (Lipinski definition) is 2. The van der Waals surface area contributed by atoms with Crippen LogP contribution < -0.4 is 10.6 Å². The van der Waals surface area contributed by atoms with Crippen LogP contribution in [0.2, 0.25) is 0 Å². The van der Waals surface area contributed by atoms with Gasteiger partial charge in [0.15, 0.2) is 0 Å². The van der Waals surface area contributed by atoms with Crippen molar-refractivity contribution in [2.75, 3.05) is 6.54 Å². The van der Waals surface area contributed by atoms with E-state index in [9.17, 15) is 9.59 Å². The minimum absolute atomic E-state index is 0.0471. The van der Waals surface area contributed by atoms with Crippen molar-refractivity contribution in [1.29, 1.82) is 0 Å². The largest absolute Gasteiger partial charge is 0.355 e. The number of carbonyl (C=O) groups excluding carboxylic acids is 2. The summed E-state index contributed by atoms with van der Waals surface area (Å²) < 4.78 is 0.971. The Morgan fingerprint density at radius 3 is 2.43 bits per heavy atom. The molecule has 1 rings (SSSR count). The molecular formula is C16H23BrN2O2. The summed E-state index contributed by atoms with van der Waals surface area (Å²) in [6, 6.07) is 7.71. The maximum atomic E-state index is 11.9. The van der Waals surface area contributed by atoms with Gasteiger partial charge in [-0.3, -0.25) is 9.59 Å². The summed E-state index contributed by atoms with van der Waals surface area (Å²) in [5, 5.41) is 5.70. The first-order valence-electron chi connectivity index (χ1n) is 7.04. The number of amides is 2. The lowest BCUT2D eigenvalue weighted by Crippen LogP contribution is -2.37. The van der Waals surface area contributed by atoms with Crippen molar-refractivity contribution in [2.45, 2.75) is 40.2 Å². The fourth-order valence-electron chi connectivity index (χ4n) is 1.77. The average Bonchev–Trinajstić information content (AvgIpc) is 2.37. The average molecular weight is 355 g/mol. The van der Waals surface area contributed by atoms with Gasteiger partial charge in [-0.1, -0.05) is 54.9 Å². The second-order valence-electron chi connectivity index (χ2n) is 6.07. The van der Waals surface area contributed by atoms with Crippen molar-refractivity contribution in [3.63, 3.8) is 0 Å². The van der Waals surface area contributed by atoms with Crippen LogP contribution in [0, 0.1) is 5.41 Å². The number of halogens is 1. The molecule has 1 unspecified atom stereocenters. The Kier molecular flexibility index (Phi) is 6.40. The summed E-state index contributed by atoms with van der Waals surface area (Å²) >= 11 is 3.47. The highest BCUT2D eigenvalue weighted by molar-refractivity contribution is 9.10. The van der Waals surface area contributed by atoms with Gasteiger partial charge in [-0.2, -0.15) is 0 Å². The number of hydrogen-bond donors (Lipinski definition) is 2. The van der Waals surface area contributed by atoms with Crippen LogP contribution in [0.5, 0.6) is 0 Å². The second kappa shape index (κ2) is 7.59. The summed E-state index contributed by atoms with van der Waals surface area (Å²) in [6.45, 7) is 7.82. The molecule has 0 heterocycles. The molecule has 0 spiro atoms. The van der Waals surface area contributed by atoms with Crippen molar-refractivity contribution in [2.24, 2.45) is 5.41 Å². The summed E-state index contributed by atoms with van der Waals surface area (Å²) in [7, 11) is 0. The van der Waals surface area contributed by atoms with Gasteiger partial charge in [0.1, 0.15) is 0 Å². The summed E-state index contributed by atoms with van der Waals surface area (Å²) in [6.07, 6.45) is 0.274. The van der Waals surface area contributed by atoms with Gasteiger partial charge in [-0.15, -0.1) is 0 Å². The molecule has 116 valence electrons. The van der Waals surface area contributed by atoms with Crippen LogP contribution in [0.4, 0.5) is 0 Å². The Balaban J connectivity index is 2.41. The van der Waals surface area contributed by atoms with Gasteiger partial charge >= 0.3 is 0 Å². The molecule has 1 atom stereocenters. The highest BCUT2D eigenvalue weighted by atomic mass is 79.9. The fourth-order valence-corrected chi connectivity index (χ4v) is 2.40. The predicted octanol–water partition coefficient (Wildman–Crippen LogP) is 3.18. The molecule has 0 aromatic heterocycles. The van der Waals surface area contributed by atoms with Crippen LogP contribution in [-0.2, 0) is 9.59 Å². The molecule has 0 aliphatic rings. The molecule has 1 aromatic rings. The molecule has 2 N–H and O–H groups in total.